The topological polar surface area (TPSA) is 76.0 Å². The fraction of sp³-hybridized carbons (Fsp3) is 0.686. The van der Waals surface area contributed by atoms with Gasteiger partial charge in [-0.1, -0.05) is 99.1 Å². The van der Waals surface area contributed by atoms with Gasteiger partial charge >= 0.3 is 19.9 Å². The van der Waals surface area contributed by atoms with Crippen LogP contribution in [0.2, 0.25) is 0 Å². The molecule has 0 bridgehead atoms. The van der Waals surface area contributed by atoms with Gasteiger partial charge in [-0.05, 0) is 151 Å². The minimum absolute atomic E-state index is 0.00472. The molecule has 313 valence electrons. The molecule has 5 aliphatic rings. The maximum atomic E-state index is 14.3. The van der Waals surface area contributed by atoms with Crippen LogP contribution in [0.3, 0.4) is 0 Å². The van der Waals surface area contributed by atoms with Crippen LogP contribution < -0.4 is 0 Å². The van der Waals surface area contributed by atoms with E-state index in [1.54, 1.807) is 0 Å². The van der Waals surface area contributed by atoms with E-state index in [1.807, 2.05) is 6.08 Å². The Balaban J connectivity index is 0.00000174. The standard InChI is InChI=1S/C49H71NO3.CH2B.CH4O/c1-12-15-42(50-30-32(6)35-18-16-34(13-2)17-19-35)49-27-23-38-36(45(49)44(31(4)5)39(51)28-49)20-21-41-47(10)26-24-40(53-43(52)29-46(8,9)14-3)33(7)37(47)22-25-48(38,41)11;2*1-2/h14,16-19,30-31,33,36-38,40-41H,3,12-13,15,20-29H2,1-2,4-11H3;1H2;2H,1H3/b32-30+,50-42?;;. The van der Waals surface area contributed by atoms with Crippen molar-refractivity contribution in [2.45, 2.75) is 159 Å². The van der Waals surface area contributed by atoms with Gasteiger partial charge in [-0.2, -0.15) is 0 Å². The van der Waals surface area contributed by atoms with Gasteiger partial charge in [-0.25, -0.2) is 0 Å². The molecule has 0 heterocycles. The summed E-state index contributed by atoms with van der Waals surface area (Å²) in [6, 6.07) is 8.91. The van der Waals surface area contributed by atoms with Crippen molar-refractivity contribution in [3.05, 3.63) is 65.4 Å². The predicted molar refractivity (Wildman–Crippen MR) is 242 cm³/mol. The van der Waals surface area contributed by atoms with Crippen LogP contribution in [0, 0.1) is 57.2 Å². The third kappa shape index (κ3) is 8.88. The molecule has 5 aliphatic carbocycles. The summed E-state index contributed by atoms with van der Waals surface area (Å²) >= 11 is 0. The molecule has 0 aliphatic heterocycles. The molecular weight excluding hydrogens is 701 g/mol. The van der Waals surface area contributed by atoms with Crippen molar-refractivity contribution in [2.75, 3.05) is 7.11 Å². The molecule has 4 fully saturated rings. The van der Waals surface area contributed by atoms with E-state index >= 15 is 0 Å². The molecule has 57 heavy (non-hydrogen) atoms. The van der Waals surface area contributed by atoms with Crippen LogP contribution in [0.1, 0.15) is 157 Å². The molecule has 9 atom stereocenters. The van der Waals surface area contributed by atoms with Crippen LogP contribution >= 0.6 is 0 Å². The molecule has 1 radical (unpaired) electrons. The number of esters is 1. The molecular formula is C51H77BNO4. The van der Waals surface area contributed by atoms with Crippen LogP contribution in [0.5, 0.6) is 0 Å². The number of benzene rings is 1. The Hall–Kier alpha value is -2.86. The van der Waals surface area contributed by atoms with Gasteiger partial charge in [0.15, 0.2) is 5.78 Å². The van der Waals surface area contributed by atoms with Crippen molar-refractivity contribution >= 4 is 37.0 Å². The quantitative estimate of drug-likeness (QED) is 0.105. The Morgan fingerprint density at radius 3 is 2.21 bits per heavy atom. The zero-order chi connectivity index (χ0) is 42.5. The zero-order valence-electron chi connectivity index (χ0n) is 37.8. The number of hydrogen-bond acceptors (Lipinski definition) is 5. The van der Waals surface area contributed by atoms with Crippen LogP contribution in [0.4, 0.5) is 0 Å². The molecule has 9 unspecified atom stereocenters. The number of carbonyl (C=O) groups is 2. The second kappa shape index (κ2) is 19.0. The van der Waals surface area contributed by atoms with Crippen LogP contribution in [-0.2, 0) is 20.7 Å². The Morgan fingerprint density at radius 2 is 1.61 bits per heavy atom. The van der Waals surface area contributed by atoms with Crippen molar-refractivity contribution in [3.8, 4) is 0 Å². The van der Waals surface area contributed by atoms with E-state index in [9.17, 15) is 9.59 Å². The summed E-state index contributed by atoms with van der Waals surface area (Å²) in [5, 5.41) is 7.00. The maximum absolute atomic E-state index is 14.3. The first-order valence-corrected chi connectivity index (χ1v) is 22.3. The van der Waals surface area contributed by atoms with Crippen molar-refractivity contribution in [2.24, 2.45) is 62.2 Å². The summed E-state index contributed by atoms with van der Waals surface area (Å²) in [5.41, 5.74) is 7.66. The van der Waals surface area contributed by atoms with Crippen molar-refractivity contribution in [1.29, 1.82) is 0 Å². The number of rotatable bonds is 11. The first kappa shape index (κ1) is 46.8. The second-order valence-electron chi connectivity index (χ2n) is 19.7. The summed E-state index contributed by atoms with van der Waals surface area (Å²) in [4.78, 5) is 32.7. The number of allylic oxidation sites excluding steroid dienone is 4. The van der Waals surface area contributed by atoms with E-state index in [-0.39, 0.29) is 39.7 Å². The summed E-state index contributed by atoms with van der Waals surface area (Å²) < 4.78 is 6.26. The van der Waals surface area contributed by atoms with Gasteiger partial charge in [0.2, 0.25) is 0 Å². The fourth-order valence-corrected chi connectivity index (χ4v) is 13.0. The number of aliphatic hydroxyl groups is 1. The summed E-state index contributed by atoms with van der Waals surface area (Å²) in [5.74, 6) is 3.15. The number of aryl methyl sites for hydroxylation is 1. The summed E-state index contributed by atoms with van der Waals surface area (Å²) in [6.45, 7) is 29.6. The van der Waals surface area contributed by atoms with Gasteiger partial charge in [0.05, 0.1) is 6.42 Å². The first-order valence-electron chi connectivity index (χ1n) is 22.3. The molecule has 6 heteroatoms. The van der Waals surface area contributed by atoms with Gasteiger partial charge in [0.25, 0.3) is 0 Å². The van der Waals surface area contributed by atoms with Crippen LogP contribution in [-0.4, -0.2) is 49.7 Å². The average molecular weight is 779 g/mol. The number of aliphatic hydroxyl groups excluding tert-OH is 1. The molecule has 0 amide bonds. The monoisotopic (exact) mass is 779 g/mol. The molecule has 1 N–H and O–H groups in total. The SMILES string of the molecule is C=CC(C)(C)CC(=O)OC1CCC2(C)C(CCC3(C)C4CCC5(C(CCC)=N/C=C(\C)c6ccc(CC)cc6)CC(=O)C(C(C)C)=C5C4CCC32)C1C.CO.[B]=C. The number of aliphatic imine (C=N–C) groups is 1. The van der Waals surface area contributed by atoms with E-state index in [1.165, 1.54) is 60.1 Å². The van der Waals surface area contributed by atoms with Gasteiger partial charge in [-0.3, -0.25) is 14.6 Å². The Kier molecular flexibility index (Phi) is 15.6. The number of carbonyl (C=O) groups excluding carboxylic acids is 2. The number of nitrogens with zero attached hydrogens (tertiary/aromatic N) is 1. The Bertz CT molecular complexity index is 1690. The first-order chi connectivity index (χ1) is 27.0. The third-order valence-corrected chi connectivity index (χ3v) is 15.8. The molecule has 5 nitrogen and oxygen atoms in total. The normalized spacial score (nSPS) is 33.7. The third-order valence-electron chi connectivity index (χ3n) is 15.8. The molecule has 1 aromatic rings. The zero-order valence-corrected chi connectivity index (χ0v) is 37.8. The van der Waals surface area contributed by atoms with E-state index in [4.69, 9.17) is 14.8 Å². The number of hydrogen-bond donors (Lipinski definition) is 1. The molecule has 1 aromatic carbocycles. The fourth-order valence-electron chi connectivity index (χ4n) is 13.0. The molecule has 0 spiro atoms. The number of Topliss-reactive ketones (excluding diaryl/α,β-unsaturated/α-hetero) is 1. The van der Waals surface area contributed by atoms with Gasteiger partial charge < -0.3 is 9.84 Å². The van der Waals surface area contributed by atoms with E-state index in [2.05, 4.69) is 120 Å². The second-order valence-corrected chi connectivity index (χ2v) is 19.7. The van der Waals surface area contributed by atoms with Gasteiger partial charge in [0.1, 0.15) is 6.10 Å². The van der Waals surface area contributed by atoms with Crippen molar-refractivity contribution < 1.29 is 19.4 Å². The predicted octanol–water partition coefficient (Wildman–Crippen LogP) is 11.8. The van der Waals surface area contributed by atoms with E-state index in [0.717, 1.165) is 51.2 Å². The Morgan fingerprint density at radius 1 is 1.00 bits per heavy atom. The number of ether oxygens (including phenoxy) is 1. The van der Waals surface area contributed by atoms with Gasteiger partial charge in [-0.15, -0.1) is 6.58 Å². The molecule has 0 saturated heterocycles. The van der Waals surface area contributed by atoms with Crippen LogP contribution in [0.25, 0.3) is 5.57 Å². The van der Waals surface area contributed by atoms with Crippen molar-refractivity contribution in [1.82, 2.24) is 0 Å². The minimum atomic E-state index is -0.249. The van der Waals surface area contributed by atoms with E-state index < -0.39 is 0 Å². The molecule has 0 aromatic heterocycles. The van der Waals surface area contributed by atoms with Crippen molar-refractivity contribution in [3.63, 3.8) is 0 Å². The van der Waals surface area contributed by atoms with Crippen LogP contribution in [0.15, 0.2) is 59.3 Å². The summed E-state index contributed by atoms with van der Waals surface area (Å²) in [7, 11) is 5.25. The number of ketones is 1. The van der Waals surface area contributed by atoms with E-state index in [0.29, 0.717) is 48.2 Å². The molecule has 6 rings (SSSR count). The number of fused-ring (bicyclic) bond motifs is 7. The van der Waals surface area contributed by atoms with Gasteiger partial charge in [0, 0.05) is 30.9 Å². The Labute approximate surface area is 348 Å². The average Bonchev–Trinajstić information content (AvgIpc) is 3.52. The molecule has 4 saturated carbocycles. The summed E-state index contributed by atoms with van der Waals surface area (Å²) in [6.07, 6.45) is 17.1.